The minimum Gasteiger partial charge on any atom is -1.00 e. The van der Waals surface area contributed by atoms with Crippen LogP contribution in [0.1, 0.15) is 103 Å². The van der Waals surface area contributed by atoms with E-state index in [1.807, 2.05) is 12.3 Å². The molecular formula is C21H37ClN-. The molecule has 0 bridgehead atoms. The third-order valence-electron chi connectivity index (χ3n) is 4.51. The molecule has 0 radical (unpaired) electrons. The normalized spacial score (nSPS) is 10.5. The SMILES string of the molecule is CCCCCCCCCCCCCCCCc1ccccn1.[Cl-]. The van der Waals surface area contributed by atoms with Crippen molar-refractivity contribution in [3.05, 3.63) is 30.1 Å². The van der Waals surface area contributed by atoms with Gasteiger partial charge in [0.05, 0.1) is 0 Å². The first-order chi connectivity index (χ1) is 10.9. The van der Waals surface area contributed by atoms with Crippen molar-refractivity contribution in [2.45, 2.75) is 103 Å². The summed E-state index contributed by atoms with van der Waals surface area (Å²) in [6.07, 6.45) is 23.0. The van der Waals surface area contributed by atoms with Gasteiger partial charge in [0.1, 0.15) is 0 Å². The Morgan fingerprint density at radius 2 is 1.13 bits per heavy atom. The number of hydrogen-bond acceptors (Lipinski definition) is 1. The van der Waals surface area contributed by atoms with E-state index in [1.54, 1.807) is 0 Å². The average Bonchev–Trinajstić information content (AvgIpc) is 2.56. The predicted molar refractivity (Wildman–Crippen MR) is 98.3 cm³/mol. The van der Waals surface area contributed by atoms with Gasteiger partial charge in [-0.1, -0.05) is 96.5 Å². The molecule has 23 heavy (non-hydrogen) atoms. The number of halogens is 1. The van der Waals surface area contributed by atoms with Gasteiger partial charge >= 0.3 is 0 Å². The maximum Gasteiger partial charge on any atom is 0.0403 e. The minimum absolute atomic E-state index is 0. The second-order valence-corrected chi connectivity index (χ2v) is 6.67. The van der Waals surface area contributed by atoms with Gasteiger partial charge in [0.25, 0.3) is 0 Å². The molecule has 0 N–H and O–H groups in total. The van der Waals surface area contributed by atoms with Crippen LogP contribution in [-0.2, 0) is 6.42 Å². The number of pyridine rings is 1. The highest BCUT2D eigenvalue weighted by Gasteiger charge is 1.95. The first kappa shape index (κ1) is 22.4. The van der Waals surface area contributed by atoms with Crippen LogP contribution >= 0.6 is 0 Å². The Hall–Kier alpha value is -0.560. The van der Waals surface area contributed by atoms with E-state index >= 15 is 0 Å². The van der Waals surface area contributed by atoms with Crippen molar-refractivity contribution in [2.75, 3.05) is 0 Å². The zero-order chi connectivity index (χ0) is 15.7. The molecule has 1 aromatic rings. The second-order valence-electron chi connectivity index (χ2n) is 6.67. The first-order valence-corrected chi connectivity index (χ1v) is 9.83. The number of nitrogens with zero attached hydrogens (tertiary/aromatic N) is 1. The number of rotatable bonds is 15. The summed E-state index contributed by atoms with van der Waals surface area (Å²) < 4.78 is 0. The van der Waals surface area contributed by atoms with Crippen molar-refractivity contribution in [1.82, 2.24) is 4.98 Å². The molecule has 0 spiro atoms. The van der Waals surface area contributed by atoms with E-state index in [9.17, 15) is 0 Å². The van der Waals surface area contributed by atoms with Crippen molar-refractivity contribution in [3.8, 4) is 0 Å². The monoisotopic (exact) mass is 338 g/mol. The molecule has 134 valence electrons. The van der Waals surface area contributed by atoms with Crippen molar-refractivity contribution >= 4 is 0 Å². The maximum absolute atomic E-state index is 4.38. The lowest BCUT2D eigenvalue weighted by Gasteiger charge is -2.03. The van der Waals surface area contributed by atoms with Crippen LogP contribution in [0, 0.1) is 0 Å². The lowest BCUT2D eigenvalue weighted by Crippen LogP contribution is -3.00. The van der Waals surface area contributed by atoms with E-state index in [0.717, 1.165) is 6.42 Å². The molecule has 0 amide bonds. The Balaban J connectivity index is 0.00000484. The summed E-state index contributed by atoms with van der Waals surface area (Å²) in [4.78, 5) is 4.38. The van der Waals surface area contributed by atoms with Gasteiger partial charge < -0.3 is 12.4 Å². The smallest absolute Gasteiger partial charge is 0.0403 e. The van der Waals surface area contributed by atoms with E-state index in [4.69, 9.17) is 0 Å². The summed E-state index contributed by atoms with van der Waals surface area (Å²) in [6.45, 7) is 2.29. The molecule has 0 aromatic carbocycles. The molecule has 1 nitrogen and oxygen atoms in total. The lowest BCUT2D eigenvalue weighted by molar-refractivity contribution is -0.00000489. The fourth-order valence-corrected chi connectivity index (χ4v) is 3.05. The number of hydrogen-bond donors (Lipinski definition) is 0. The fourth-order valence-electron chi connectivity index (χ4n) is 3.05. The first-order valence-electron chi connectivity index (χ1n) is 9.83. The topological polar surface area (TPSA) is 12.9 Å². The molecule has 0 aliphatic carbocycles. The van der Waals surface area contributed by atoms with Gasteiger partial charge in [-0.25, -0.2) is 0 Å². The van der Waals surface area contributed by atoms with Crippen molar-refractivity contribution < 1.29 is 12.4 Å². The Morgan fingerprint density at radius 1 is 0.652 bits per heavy atom. The van der Waals surface area contributed by atoms with Crippen LogP contribution in [0.3, 0.4) is 0 Å². The number of unbranched alkanes of at least 4 members (excludes halogenated alkanes) is 13. The van der Waals surface area contributed by atoms with Crippen LogP contribution in [0.5, 0.6) is 0 Å². The standard InChI is InChI=1S/C21H37N.ClH/c1-2-3-4-5-6-7-8-9-10-11-12-13-14-15-18-21-19-16-17-20-22-21;/h16-17,19-20H,2-15,18H2,1H3;1H/p-1. The molecule has 0 fully saturated rings. The highest BCUT2D eigenvalue weighted by molar-refractivity contribution is 5.03. The van der Waals surface area contributed by atoms with Crippen LogP contribution in [0.4, 0.5) is 0 Å². The molecule has 1 aromatic heterocycles. The molecule has 1 rings (SSSR count). The molecule has 0 aliphatic rings. The van der Waals surface area contributed by atoms with Gasteiger partial charge in [0, 0.05) is 11.9 Å². The molecule has 2 heteroatoms. The molecule has 1 heterocycles. The van der Waals surface area contributed by atoms with Gasteiger partial charge in [0.2, 0.25) is 0 Å². The van der Waals surface area contributed by atoms with Gasteiger partial charge in [-0.2, -0.15) is 0 Å². The summed E-state index contributed by atoms with van der Waals surface area (Å²) in [5, 5.41) is 0. The quantitative estimate of drug-likeness (QED) is 0.438. The summed E-state index contributed by atoms with van der Waals surface area (Å²) in [5.41, 5.74) is 1.25. The molecule has 0 aliphatic heterocycles. The van der Waals surface area contributed by atoms with E-state index in [-0.39, 0.29) is 12.4 Å². The second kappa shape index (κ2) is 17.8. The third kappa shape index (κ3) is 14.7. The summed E-state index contributed by atoms with van der Waals surface area (Å²) in [6, 6.07) is 6.23. The van der Waals surface area contributed by atoms with E-state index in [0.29, 0.717) is 0 Å². The highest BCUT2D eigenvalue weighted by atomic mass is 35.5. The zero-order valence-electron chi connectivity index (χ0n) is 15.2. The van der Waals surface area contributed by atoms with Gasteiger partial charge in [-0.15, -0.1) is 0 Å². The molecular weight excluding hydrogens is 302 g/mol. The van der Waals surface area contributed by atoms with Gasteiger partial charge in [0.15, 0.2) is 0 Å². The molecule has 0 atom stereocenters. The Bertz CT molecular complexity index is 326. The number of aryl methyl sites for hydroxylation is 1. The van der Waals surface area contributed by atoms with Crippen LogP contribution in [0.15, 0.2) is 24.4 Å². The van der Waals surface area contributed by atoms with Crippen molar-refractivity contribution in [3.63, 3.8) is 0 Å². The number of aromatic nitrogens is 1. The van der Waals surface area contributed by atoms with Gasteiger partial charge in [-0.05, 0) is 25.0 Å². The maximum atomic E-state index is 4.38. The zero-order valence-corrected chi connectivity index (χ0v) is 16.0. The Morgan fingerprint density at radius 3 is 1.57 bits per heavy atom. The molecule has 0 saturated heterocycles. The lowest BCUT2D eigenvalue weighted by atomic mass is 10.0. The minimum atomic E-state index is 0. The van der Waals surface area contributed by atoms with Crippen LogP contribution < -0.4 is 12.4 Å². The Kier molecular flexibility index (Phi) is 17.4. The third-order valence-corrected chi connectivity index (χ3v) is 4.51. The van der Waals surface area contributed by atoms with Crippen LogP contribution in [-0.4, -0.2) is 4.98 Å². The summed E-state index contributed by atoms with van der Waals surface area (Å²) in [7, 11) is 0. The van der Waals surface area contributed by atoms with Crippen LogP contribution in [0.2, 0.25) is 0 Å². The predicted octanol–water partition coefficient (Wildman–Crippen LogP) is 4.11. The largest absolute Gasteiger partial charge is 1.00 e. The van der Waals surface area contributed by atoms with Crippen LogP contribution in [0.25, 0.3) is 0 Å². The van der Waals surface area contributed by atoms with Gasteiger partial charge in [-0.3, -0.25) is 4.98 Å². The molecule has 0 unspecified atom stereocenters. The highest BCUT2D eigenvalue weighted by Crippen LogP contribution is 2.13. The van der Waals surface area contributed by atoms with E-state index in [1.165, 1.54) is 95.6 Å². The average molecular weight is 339 g/mol. The Labute approximate surface area is 151 Å². The van der Waals surface area contributed by atoms with Crippen molar-refractivity contribution in [2.24, 2.45) is 0 Å². The van der Waals surface area contributed by atoms with Crippen molar-refractivity contribution in [1.29, 1.82) is 0 Å². The molecule has 0 saturated carbocycles. The fraction of sp³-hybridized carbons (Fsp3) is 0.762. The summed E-state index contributed by atoms with van der Waals surface area (Å²) >= 11 is 0. The van der Waals surface area contributed by atoms with E-state index in [2.05, 4.69) is 24.0 Å². The summed E-state index contributed by atoms with van der Waals surface area (Å²) in [5.74, 6) is 0. The van der Waals surface area contributed by atoms with E-state index < -0.39 is 0 Å².